The number of hydrogen-bond donors (Lipinski definition) is 0. The second-order valence-corrected chi connectivity index (χ2v) is 6.13. The van der Waals surface area contributed by atoms with E-state index in [4.69, 9.17) is 0 Å². The van der Waals surface area contributed by atoms with E-state index in [1.54, 1.807) is 12.1 Å². The van der Waals surface area contributed by atoms with Crippen molar-refractivity contribution in [3.63, 3.8) is 0 Å². The molecule has 0 amide bonds. The maximum Gasteiger partial charge on any atom is 0.146 e. The highest BCUT2D eigenvalue weighted by atomic mass is 79.9. The summed E-state index contributed by atoms with van der Waals surface area (Å²) in [4.78, 5) is 4.45. The van der Waals surface area contributed by atoms with Crippen LogP contribution < -0.4 is 4.90 Å². The van der Waals surface area contributed by atoms with Crippen molar-refractivity contribution in [1.82, 2.24) is 4.90 Å². The van der Waals surface area contributed by atoms with Crippen molar-refractivity contribution in [2.45, 2.75) is 18.2 Å². The molecule has 2 rings (SSSR count). The van der Waals surface area contributed by atoms with E-state index in [9.17, 15) is 4.39 Å². The zero-order valence-corrected chi connectivity index (χ0v) is 13.3. The Morgan fingerprint density at radius 2 is 2.00 bits per heavy atom. The van der Waals surface area contributed by atoms with Gasteiger partial charge in [-0.15, -0.1) is 0 Å². The van der Waals surface area contributed by atoms with E-state index in [0.717, 1.165) is 49.6 Å². The molecule has 19 heavy (non-hydrogen) atoms. The standard InChI is InChI=1S/C15H22BrFN2/c1-18(2)11-12-6-8-19(9-7-12)15-13(10-16)4-3-5-14(15)17/h3-5,12H,6-11H2,1-2H3. The molecule has 1 heterocycles. The molecule has 0 bridgehead atoms. The summed E-state index contributed by atoms with van der Waals surface area (Å²) in [6, 6.07) is 5.35. The van der Waals surface area contributed by atoms with Crippen LogP contribution in [0.5, 0.6) is 0 Å². The summed E-state index contributed by atoms with van der Waals surface area (Å²) in [5.74, 6) is 0.647. The lowest BCUT2D eigenvalue weighted by Crippen LogP contribution is -2.37. The van der Waals surface area contributed by atoms with E-state index >= 15 is 0 Å². The fourth-order valence-electron chi connectivity index (χ4n) is 2.88. The first-order chi connectivity index (χ1) is 9.11. The first-order valence-electron chi connectivity index (χ1n) is 6.85. The van der Waals surface area contributed by atoms with Gasteiger partial charge >= 0.3 is 0 Å². The van der Waals surface area contributed by atoms with Gasteiger partial charge in [0.15, 0.2) is 0 Å². The fourth-order valence-corrected chi connectivity index (χ4v) is 3.33. The first-order valence-corrected chi connectivity index (χ1v) is 7.97. The van der Waals surface area contributed by atoms with E-state index in [-0.39, 0.29) is 5.82 Å². The predicted molar refractivity (Wildman–Crippen MR) is 82.5 cm³/mol. The smallest absolute Gasteiger partial charge is 0.146 e. The average Bonchev–Trinajstić information content (AvgIpc) is 2.39. The van der Waals surface area contributed by atoms with E-state index in [1.165, 1.54) is 0 Å². The molecule has 0 aromatic heterocycles. The van der Waals surface area contributed by atoms with Crippen LogP contribution in [0, 0.1) is 11.7 Å². The minimum absolute atomic E-state index is 0.0944. The molecule has 1 aromatic carbocycles. The molecule has 1 aromatic rings. The van der Waals surface area contributed by atoms with Crippen molar-refractivity contribution in [3.05, 3.63) is 29.6 Å². The largest absolute Gasteiger partial charge is 0.369 e. The Balaban J connectivity index is 2.05. The summed E-state index contributed by atoms with van der Waals surface area (Å²) in [5, 5.41) is 0.706. The minimum Gasteiger partial charge on any atom is -0.369 e. The van der Waals surface area contributed by atoms with Crippen LogP contribution in [0.25, 0.3) is 0 Å². The summed E-state index contributed by atoms with van der Waals surface area (Å²) in [7, 11) is 4.23. The fraction of sp³-hybridized carbons (Fsp3) is 0.600. The Morgan fingerprint density at radius 3 is 2.58 bits per heavy atom. The molecule has 1 aliphatic heterocycles. The van der Waals surface area contributed by atoms with Crippen LogP contribution in [0.4, 0.5) is 10.1 Å². The van der Waals surface area contributed by atoms with Gasteiger partial charge in [0.25, 0.3) is 0 Å². The number of piperidine rings is 1. The molecule has 4 heteroatoms. The number of para-hydroxylation sites is 1. The van der Waals surface area contributed by atoms with Gasteiger partial charge in [-0.05, 0) is 44.5 Å². The van der Waals surface area contributed by atoms with Crippen molar-refractivity contribution in [3.8, 4) is 0 Å². The Labute approximate surface area is 123 Å². The Bertz CT molecular complexity index is 415. The normalized spacial score (nSPS) is 17.2. The van der Waals surface area contributed by atoms with Gasteiger partial charge in [-0.1, -0.05) is 28.1 Å². The number of anilines is 1. The van der Waals surface area contributed by atoms with E-state index in [2.05, 4.69) is 39.8 Å². The van der Waals surface area contributed by atoms with Gasteiger partial charge in [0.1, 0.15) is 5.82 Å². The lowest BCUT2D eigenvalue weighted by Gasteiger charge is -2.35. The summed E-state index contributed by atoms with van der Waals surface area (Å²) in [5.41, 5.74) is 1.84. The SMILES string of the molecule is CN(C)CC1CCN(c2c(F)cccc2CBr)CC1. The monoisotopic (exact) mass is 328 g/mol. The summed E-state index contributed by atoms with van der Waals surface area (Å²) < 4.78 is 14.1. The van der Waals surface area contributed by atoms with Crippen LogP contribution in [0.3, 0.4) is 0 Å². The summed E-state index contributed by atoms with van der Waals surface area (Å²) in [6.07, 6.45) is 2.29. The number of alkyl halides is 1. The topological polar surface area (TPSA) is 6.48 Å². The van der Waals surface area contributed by atoms with Crippen LogP contribution in [-0.4, -0.2) is 38.6 Å². The van der Waals surface area contributed by atoms with Crippen LogP contribution in [0.1, 0.15) is 18.4 Å². The van der Waals surface area contributed by atoms with Crippen molar-refractivity contribution in [2.75, 3.05) is 38.6 Å². The molecular formula is C15H22BrFN2. The summed E-state index contributed by atoms with van der Waals surface area (Å²) >= 11 is 3.45. The van der Waals surface area contributed by atoms with Crippen molar-refractivity contribution in [1.29, 1.82) is 0 Å². The quantitative estimate of drug-likeness (QED) is 0.780. The number of hydrogen-bond acceptors (Lipinski definition) is 2. The zero-order chi connectivity index (χ0) is 13.8. The highest BCUT2D eigenvalue weighted by Gasteiger charge is 2.23. The minimum atomic E-state index is -0.0944. The van der Waals surface area contributed by atoms with Gasteiger partial charge in [0.05, 0.1) is 5.69 Å². The lowest BCUT2D eigenvalue weighted by molar-refractivity contribution is 0.284. The number of benzene rings is 1. The van der Waals surface area contributed by atoms with Gasteiger partial charge in [-0.2, -0.15) is 0 Å². The number of nitrogens with zero attached hydrogens (tertiary/aromatic N) is 2. The van der Waals surface area contributed by atoms with Gasteiger partial charge in [-0.3, -0.25) is 0 Å². The second-order valence-electron chi connectivity index (χ2n) is 5.57. The molecule has 0 saturated carbocycles. The maximum atomic E-state index is 14.1. The van der Waals surface area contributed by atoms with Gasteiger partial charge in [-0.25, -0.2) is 4.39 Å². The van der Waals surface area contributed by atoms with Crippen LogP contribution in [-0.2, 0) is 5.33 Å². The van der Waals surface area contributed by atoms with E-state index in [1.807, 2.05) is 6.07 Å². The molecule has 0 N–H and O–H groups in total. The molecule has 0 atom stereocenters. The molecule has 0 aliphatic carbocycles. The average molecular weight is 329 g/mol. The molecule has 0 unspecified atom stereocenters. The van der Waals surface area contributed by atoms with Crippen molar-refractivity contribution in [2.24, 2.45) is 5.92 Å². The maximum absolute atomic E-state index is 14.1. The molecule has 1 aliphatic rings. The Morgan fingerprint density at radius 1 is 1.32 bits per heavy atom. The van der Waals surface area contributed by atoms with Crippen LogP contribution in [0.15, 0.2) is 18.2 Å². The lowest BCUT2D eigenvalue weighted by atomic mass is 9.95. The first kappa shape index (κ1) is 14.8. The van der Waals surface area contributed by atoms with Gasteiger partial charge in [0.2, 0.25) is 0 Å². The molecule has 106 valence electrons. The molecule has 0 radical (unpaired) electrons. The van der Waals surface area contributed by atoms with E-state index in [0.29, 0.717) is 5.33 Å². The molecule has 2 nitrogen and oxygen atoms in total. The molecular weight excluding hydrogens is 307 g/mol. The third kappa shape index (κ3) is 3.69. The highest BCUT2D eigenvalue weighted by molar-refractivity contribution is 9.08. The van der Waals surface area contributed by atoms with Crippen molar-refractivity contribution >= 4 is 21.6 Å². The Kier molecular flexibility index (Phi) is 5.22. The van der Waals surface area contributed by atoms with Gasteiger partial charge in [0, 0.05) is 25.0 Å². The molecule has 1 saturated heterocycles. The number of halogens is 2. The van der Waals surface area contributed by atoms with Crippen LogP contribution in [0.2, 0.25) is 0 Å². The van der Waals surface area contributed by atoms with Crippen molar-refractivity contribution < 1.29 is 4.39 Å². The summed E-state index contributed by atoms with van der Waals surface area (Å²) in [6.45, 7) is 3.05. The Hall–Kier alpha value is -0.610. The highest BCUT2D eigenvalue weighted by Crippen LogP contribution is 2.30. The predicted octanol–water partition coefficient (Wildman–Crippen LogP) is 3.50. The van der Waals surface area contributed by atoms with E-state index < -0.39 is 0 Å². The second kappa shape index (κ2) is 6.71. The zero-order valence-electron chi connectivity index (χ0n) is 11.7. The van der Waals surface area contributed by atoms with Gasteiger partial charge < -0.3 is 9.80 Å². The molecule has 1 fully saturated rings. The third-order valence-electron chi connectivity index (χ3n) is 3.77. The third-order valence-corrected chi connectivity index (χ3v) is 4.37. The molecule has 0 spiro atoms. The van der Waals surface area contributed by atoms with Crippen LogP contribution >= 0.6 is 15.9 Å². The number of rotatable bonds is 4.